The zero-order valence-electron chi connectivity index (χ0n) is 17.1. The predicted molar refractivity (Wildman–Crippen MR) is 112 cm³/mol. The molecule has 1 aromatic carbocycles. The Labute approximate surface area is 172 Å². The summed E-state index contributed by atoms with van der Waals surface area (Å²) in [5.74, 6) is -1.13. The van der Waals surface area contributed by atoms with Crippen molar-refractivity contribution in [2.75, 3.05) is 31.6 Å². The highest BCUT2D eigenvalue weighted by atomic mass is 19.1. The van der Waals surface area contributed by atoms with E-state index in [1.54, 1.807) is 11.1 Å². The Hall–Kier alpha value is -2.74. The third-order valence-electron chi connectivity index (χ3n) is 5.89. The number of halogens is 2. The Kier molecular flexibility index (Phi) is 5.36. The molecule has 0 spiro atoms. The van der Waals surface area contributed by atoms with Gasteiger partial charge in [0.05, 0.1) is 23.6 Å². The number of anilines is 1. The Morgan fingerprint density at radius 1 is 1.37 bits per heavy atom. The number of carbonyl (C=O) groups excluding carboxylic acids is 1. The number of fused-ring (bicyclic) bond motifs is 1. The highest BCUT2D eigenvalue weighted by Gasteiger charge is 2.31. The molecule has 1 aliphatic heterocycles. The summed E-state index contributed by atoms with van der Waals surface area (Å²) in [6.45, 7) is 1.88. The number of benzene rings is 1. The number of methoxy groups -OCH3 is 1. The fourth-order valence-electron chi connectivity index (χ4n) is 4.25. The van der Waals surface area contributed by atoms with Crippen molar-refractivity contribution in [2.24, 2.45) is 5.73 Å². The molecule has 2 aromatic rings. The molecular weight excluding hydrogens is 392 g/mol. The van der Waals surface area contributed by atoms with Gasteiger partial charge in [0.1, 0.15) is 11.5 Å². The molecule has 0 radical (unpaired) electrons. The van der Waals surface area contributed by atoms with Crippen molar-refractivity contribution < 1.29 is 18.3 Å². The summed E-state index contributed by atoms with van der Waals surface area (Å²) in [5.41, 5.74) is 6.21. The number of ketones is 1. The second kappa shape index (κ2) is 7.83. The van der Waals surface area contributed by atoms with Crippen LogP contribution in [0.1, 0.15) is 49.0 Å². The van der Waals surface area contributed by atoms with Gasteiger partial charge in [0.15, 0.2) is 22.8 Å². The van der Waals surface area contributed by atoms with Crippen LogP contribution in [-0.4, -0.2) is 37.1 Å². The van der Waals surface area contributed by atoms with Crippen molar-refractivity contribution in [1.29, 1.82) is 0 Å². The van der Waals surface area contributed by atoms with E-state index in [2.05, 4.69) is 0 Å². The quantitative estimate of drug-likeness (QED) is 0.754. The lowest BCUT2D eigenvalue weighted by Crippen LogP contribution is -2.33. The average Bonchev–Trinajstić information content (AvgIpc) is 3.58. The summed E-state index contributed by atoms with van der Waals surface area (Å²) in [7, 11) is 1.43. The van der Waals surface area contributed by atoms with E-state index >= 15 is 4.39 Å². The standard InChI is InChI=1S/C22H25F2N3O3/c1-12(28)16-11-27(14-5-6-14)19-15(21(16)29)8-17(23)20(22(19)30-2)26-7-3-4-13(10-26)18(24)9-25/h8,11,14H,3-7,9-10,25H2,1-2H3/b18-13+. The van der Waals surface area contributed by atoms with Gasteiger partial charge in [0.2, 0.25) is 0 Å². The van der Waals surface area contributed by atoms with Crippen molar-refractivity contribution in [1.82, 2.24) is 4.57 Å². The van der Waals surface area contributed by atoms with E-state index in [0.29, 0.717) is 30.5 Å². The van der Waals surface area contributed by atoms with E-state index in [0.717, 1.165) is 12.8 Å². The van der Waals surface area contributed by atoms with E-state index in [1.165, 1.54) is 20.1 Å². The van der Waals surface area contributed by atoms with Crippen molar-refractivity contribution in [3.05, 3.63) is 45.3 Å². The minimum atomic E-state index is -0.631. The number of piperidine rings is 1. The molecule has 0 unspecified atom stereocenters. The summed E-state index contributed by atoms with van der Waals surface area (Å²) < 4.78 is 36.9. The van der Waals surface area contributed by atoms with Crippen LogP contribution in [0.4, 0.5) is 14.5 Å². The summed E-state index contributed by atoms with van der Waals surface area (Å²) >= 11 is 0. The number of ether oxygens (including phenoxy) is 1. The van der Waals surface area contributed by atoms with Crippen molar-refractivity contribution in [3.8, 4) is 5.75 Å². The molecule has 160 valence electrons. The first kappa shape index (κ1) is 20.5. The van der Waals surface area contributed by atoms with Crippen LogP contribution >= 0.6 is 0 Å². The molecule has 4 rings (SSSR count). The van der Waals surface area contributed by atoms with Crippen LogP contribution in [-0.2, 0) is 0 Å². The third kappa shape index (κ3) is 3.39. The smallest absolute Gasteiger partial charge is 0.200 e. The number of hydrogen-bond acceptors (Lipinski definition) is 5. The van der Waals surface area contributed by atoms with Gasteiger partial charge in [-0.15, -0.1) is 0 Å². The lowest BCUT2D eigenvalue weighted by molar-refractivity contribution is 0.101. The Bertz CT molecular complexity index is 1120. The van der Waals surface area contributed by atoms with Gasteiger partial charge in [-0.05, 0) is 44.2 Å². The van der Waals surface area contributed by atoms with Gasteiger partial charge in [-0.25, -0.2) is 8.78 Å². The minimum absolute atomic E-state index is 0.0387. The number of aromatic nitrogens is 1. The number of nitrogens with zero attached hydrogens (tertiary/aromatic N) is 2. The van der Waals surface area contributed by atoms with Crippen LogP contribution in [0.2, 0.25) is 0 Å². The van der Waals surface area contributed by atoms with Crippen molar-refractivity contribution in [2.45, 2.75) is 38.6 Å². The Balaban J connectivity index is 1.97. The first-order valence-electron chi connectivity index (χ1n) is 10.1. The van der Waals surface area contributed by atoms with Gasteiger partial charge in [0.25, 0.3) is 0 Å². The SMILES string of the molecule is COc1c(N2CCC/C(=C(\F)CN)C2)c(F)cc2c(=O)c(C(C)=O)cn(C3CC3)c12. The number of hydrogen-bond donors (Lipinski definition) is 1. The molecule has 0 bridgehead atoms. The summed E-state index contributed by atoms with van der Waals surface area (Å²) in [6, 6.07) is 1.31. The van der Waals surface area contributed by atoms with Crippen LogP contribution in [0, 0.1) is 5.82 Å². The number of pyridine rings is 1. The van der Waals surface area contributed by atoms with Gasteiger partial charge in [-0.3, -0.25) is 9.59 Å². The van der Waals surface area contributed by atoms with Gasteiger partial charge in [-0.1, -0.05) is 0 Å². The molecule has 6 nitrogen and oxygen atoms in total. The Morgan fingerprint density at radius 3 is 2.70 bits per heavy atom. The molecule has 1 aromatic heterocycles. The molecule has 30 heavy (non-hydrogen) atoms. The second-order valence-electron chi connectivity index (χ2n) is 7.94. The van der Waals surface area contributed by atoms with E-state index in [-0.39, 0.29) is 53.1 Å². The maximum Gasteiger partial charge on any atom is 0.200 e. The van der Waals surface area contributed by atoms with Crippen LogP contribution < -0.4 is 20.8 Å². The molecule has 2 aliphatic rings. The summed E-state index contributed by atoms with van der Waals surface area (Å²) in [5, 5.41) is 0.119. The van der Waals surface area contributed by atoms with Crippen molar-refractivity contribution >= 4 is 22.4 Å². The summed E-state index contributed by atoms with van der Waals surface area (Å²) in [4.78, 5) is 26.6. The maximum absolute atomic E-state index is 15.3. The van der Waals surface area contributed by atoms with Gasteiger partial charge in [-0.2, -0.15) is 0 Å². The molecule has 2 N–H and O–H groups in total. The molecular formula is C22H25F2N3O3. The molecule has 2 heterocycles. The monoisotopic (exact) mass is 417 g/mol. The fourth-order valence-corrected chi connectivity index (χ4v) is 4.25. The summed E-state index contributed by atoms with van der Waals surface area (Å²) in [6.07, 6.45) is 4.60. The number of nitrogens with two attached hydrogens (primary N) is 1. The molecule has 0 amide bonds. The maximum atomic E-state index is 15.3. The van der Waals surface area contributed by atoms with Crippen LogP contribution in [0.25, 0.3) is 10.9 Å². The lowest BCUT2D eigenvalue weighted by atomic mass is 10.0. The normalized spacial score (nSPS) is 18.6. The van der Waals surface area contributed by atoms with Crippen molar-refractivity contribution in [3.63, 3.8) is 0 Å². The largest absolute Gasteiger partial charge is 0.492 e. The zero-order chi connectivity index (χ0) is 21.6. The molecule has 1 saturated heterocycles. The molecule has 2 fully saturated rings. The number of carbonyl (C=O) groups is 1. The minimum Gasteiger partial charge on any atom is -0.492 e. The highest BCUT2D eigenvalue weighted by molar-refractivity contribution is 5.99. The van der Waals surface area contributed by atoms with E-state index in [4.69, 9.17) is 10.5 Å². The van der Waals surface area contributed by atoms with Gasteiger partial charge in [0, 0.05) is 31.9 Å². The van der Waals surface area contributed by atoms with E-state index < -0.39 is 11.2 Å². The predicted octanol–water partition coefficient (Wildman–Crippen LogP) is 3.47. The molecule has 8 heteroatoms. The van der Waals surface area contributed by atoms with E-state index in [9.17, 15) is 14.0 Å². The topological polar surface area (TPSA) is 77.6 Å². The third-order valence-corrected chi connectivity index (χ3v) is 5.89. The molecule has 0 atom stereocenters. The molecule has 1 aliphatic carbocycles. The Morgan fingerprint density at radius 2 is 2.10 bits per heavy atom. The van der Waals surface area contributed by atoms with Gasteiger partial charge < -0.3 is 19.9 Å². The average molecular weight is 417 g/mol. The van der Waals surface area contributed by atoms with Crippen LogP contribution in [0.15, 0.2) is 28.5 Å². The number of Topliss-reactive ketones (excluding diaryl/α,β-unsaturated/α-hetero) is 1. The first-order chi connectivity index (χ1) is 14.4. The lowest BCUT2D eigenvalue weighted by Gasteiger charge is -2.33. The molecule has 1 saturated carbocycles. The van der Waals surface area contributed by atoms with Crippen LogP contribution in [0.3, 0.4) is 0 Å². The first-order valence-corrected chi connectivity index (χ1v) is 10.1. The fraction of sp³-hybridized carbons (Fsp3) is 0.455. The second-order valence-corrected chi connectivity index (χ2v) is 7.94. The van der Waals surface area contributed by atoms with Gasteiger partial charge >= 0.3 is 0 Å². The zero-order valence-corrected chi connectivity index (χ0v) is 17.1. The highest BCUT2D eigenvalue weighted by Crippen LogP contribution is 2.44. The number of rotatable bonds is 5. The van der Waals surface area contributed by atoms with Crippen LogP contribution in [0.5, 0.6) is 5.75 Å². The van der Waals surface area contributed by atoms with E-state index in [1.807, 2.05) is 4.57 Å².